The van der Waals surface area contributed by atoms with Gasteiger partial charge < -0.3 is 9.88 Å². The normalized spacial score (nSPS) is 15.8. The molecular formula is C15H20N4. The van der Waals surface area contributed by atoms with Gasteiger partial charge in [-0.15, -0.1) is 0 Å². The lowest BCUT2D eigenvalue weighted by Crippen LogP contribution is -2.13. The first kappa shape index (κ1) is 12.2. The number of rotatable bonds is 5. The molecule has 0 atom stereocenters. The summed E-state index contributed by atoms with van der Waals surface area (Å²) in [5.74, 6) is 1.00. The number of anilines is 1. The van der Waals surface area contributed by atoms with Crippen LogP contribution in [0.15, 0.2) is 36.8 Å². The Morgan fingerprint density at radius 3 is 2.84 bits per heavy atom. The smallest absolute Gasteiger partial charge is 0.203 e. The molecule has 1 fully saturated rings. The number of nitrogens with zero attached hydrogens (tertiary/aromatic N) is 3. The molecule has 0 unspecified atom stereocenters. The summed E-state index contributed by atoms with van der Waals surface area (Å²) >= 11 is 0. The number of nitrogens with one attached hydrogen (secondary N) is 1. The van der Waals surface area contributed by atoms with Gasteiger partial charge in [-0.3, -0.25) is 4.98 Å². The van der Waals surface area contributed by atoms with Crippen LogP contribution in [0.5, 0.6) is 0 Å². The van der Waals surface area contributed by atoms with Crippen LogP contribution in [0.2, 0.25) is 0 Å². The van der Waals surface area contributed by atoms with E-state index in [1.165, 1.54) is 25.7 Å². The maximum atomic E-state index is 4.42. The summed E-state index contributed by atoms with van der Waals surface area (Å²) in [4.78, 5) is 8.75. The minimum atomic E-state index is 0.639. The average Bonchev–Trinajstić information content (AvgIpc) is 3.10. The van der Waals surface area contributed by atoms with Crippen LogP contribution in [-0.2, 0) is 6.42 Å². The third kappa shape index (κ3) is 2.95. The lowest BCUT2D eigenvalue weighted by Gasteiger charge is -2.15. The summed E-state index contributed by atoms with van der Waals surface area (Å²) < 4.78 is 2.30. The molecule has 1 saturated carbocycles. The topological polar surface area (TPSA) is 42.7 Å². The second-order valence-electron chi connectivity index (χ2n) is 5.09. The molecule has 0 bridgehead atoms. The summed E-state index contributed by atoms with van der Waals surface area (Å²) in [5.41, 5.74) is 1.12. The summed E-state index contributed by atoms with van der Waals surface area (Å²) in [6.45, 7) is 0.876. The largest absolute Gasteiger partial charge is 0.355 e. The minimum absolute atomic E-state index is 0.639. The zero-order chi connectivity index (χ0) is 12.9. The molecule has 4 nitrogen and oxygen atoms in total. The molecule has 2 aromatic heterocycles. The number of pyridine rings is 1. The molecule has 19 heavy (non-hydrogen) atoms. The molecule has 1 aliphatic carbocycles. The maximum Gasteiger partial charge on any atom is 0.203 e. The van der Waals surface area contributed by atoms with Crippen molar-refractivity contribution in [2.45, 2.75) is 38.1 Å². The Kier molecular flexibility index (Phi) is 3.77. The zero-order valence-corrected chi connectivity index (χ0v) is 11.1. The van der Waals surface area contributed by atoms with Gasteiger partial charge in [0.05, 0.1) is 0 Å². The highest BCUT2D eigenvalue weighted by Gasteiger charge is 2.18. The molecule has 100 valence electrons. The van der Waals surface area contributed by atoms with Crippen LogP contribution in [0.3, 0.4) is 0 Å². The van der Waals surface area contributed by atoms with Crippen LogP contribution in [0.1, 0.15) is 37.4 Å². The number of hydrogen-bond acceptors (Lipinski definition) is 3. The van der Waals surface area contributed by atoms with Crippen molar-refractivity contribution in [1.82, 2.24) is 14.5 Å². The molecule has 0 spiro atoms. The quantitative estimate of drug-likeness (QED) is 0.894. The minimum Gasteiger partial charge on any atom is -0.355 e. The molecule has 1 N–H and O–H groups in total. The monoisotopic (exact) mass is 256 g/mol. The first-order valence-corrected chi connectivity index (χ1v) is 7.10. The summed E-state index contributed by atoms with van der Waals surface area (Å²) in [7, 11) is 0. The predicted molar refractivity (Wildman–Crippen MR) is 76.2 cm³/mol. The maximum absolute atomic E-state index is 4.42. The van der Waals surface area contributed by atoms with Gasteiger partial charge in [0.2, 0.25) is 5.95 Å². The Labute approximate surface area is 113 Å². The van der Waals surface area contributed by atoms with Crippen molar-refractivity contribution < 1.29 is 0 Å². The standard InChI is InChI=1S/C15H20N4/c1-2-7-14(6-1)19-12-11-18-15(19)17-10-8-13-5-3-4-9-16-13/h3-5,9,11-12,14H,1-2,6-8,10H2,(H,17,18). The zero-order valence-electron chi connectivity index (χ0n) is 11.1. The fourth-order valence-electron chi connectivity index (χ4n) is 2.78. The van der Waals surface area contributed by atoms with E-state index in [1.54, 1.807) is 0 Å². The predicted octanol–water partition coefficient (Wildman–Crippen LogP) is 3.05. The van der Waals surface area contributed by atoms with Gasteiger partial charge >= 0.3 is 0 Å². The van der Waals surface area contributed by atoms with Crippen LogP contribution in [-0.4, -0.2) is 21.1 Å². The van der Waals surface area contributed by atoms with Gasteiger partial charge in [0, 0.05) is 43.3 Å². The molecular weight excluding hydrogens is 236 g/mol. The van der Waals surface area contributed by atoms with Gasteiger partial charge in [-0.1, -0.05) is 18.9 Å². The van der Waals surface area contributed by atoms with E-state index < -0.39 is 0 Å². The van der Waals surface area contributed by atoms with Crippen molar-refractivity contribution in [3.8, 4) is 0 Å². The Balaban J connectivity index is 1.57. The number of aromatic nitrogens is 3. The molecule has 2 aromatic rings. The van der Waals surface area contributed by atoms with Gasteiger partial charge in [0.15, 0.2) is 0 Å². The Morgan fingerprint density at radius 2 is 2.05 bits per heavy atom. The second-order valence-corrected chi connectivity index (χ2v) is 5.09. The second kappa shape index (κ2) is 5.87. The van der Waals surface area contributed by atoms with Gasteiger partial charge in [0.1, 0.15) is 0 Å². The van der Waals surface area contributed by atoms with Crippen LogP contribution in [0.25, 0.3) is 0 Å². The molecule has 2 heterocycles. The molecule has 4 heteroatoms. The molecule has 0 aromatic carbocycles. The highest BCUT2D eigenvalue weighted by Crippen LogP contribution is 2.31. The van der Waals surface area contributed by atoms with Gasteiger partial charge in [0.25, 0.3) is 0 Å². The third-order valence-electron chi connectivity index (χ3n) is 3.78. The van der Waals surface area contributed by atoms with Crippen molar-refractivity contribution in [3.63, 3.8) is 0 Å². The van der Waals surface area contributed by atoms with Crippen molar-refractivity contribution in [2.75, 3.05) is 11.9 Å². The van der Waals surface area contributed by atoms with Crippen molar-refractivity contribution >= 4 is 5.95 Å². The molecule has 3 rings (SSSR count). The van der Waals surface area contributed by atoms with Crippen LogP contribution in [0, 0.1) is 0 Å². The SMILES string of the molecule is c1ccc(CCNc2nccn2C2CCCC2)nc1. The number of imidazole rings is 1. The van der Waals surface area contributed by atoms with E-state index in [-0.39, 0.29) is 0 Å². The fourth-order valence-corrected chi connectivity index (χ4v) is 2.78. The molecule has 0 saturated heterocycles. The van der Waals surface area contributed by atoms with Crippen LogP contribution in [0.4, 0.5) is 5.95 Å². The van der Waals surface area contributed by atoms with Crippen molar-refractivity contribution in [1.29, 1.82) is 0 Å². The van der Waals surface area contributed by atoms with Crippen molar-refractivity contribution in [2.24, 2.45) is 0 Å². The average molecular weight is 256 g/mol. The van der Waals surface area contributed by atoms with Gasteiger partial charge in [-0.25, -0.2) is 4.98 Å². The summed E-state index contributed by atoms with van der Waals surface area (Å²) in [6.07, 6.45) is 12.0. The molecule has 0 radical (unpaired) electrons. The molecule has 1 aliphatic rings. The van der Waals surface area contributed by atoms with Gasteiger partial charge in [-0.05, 0) is 25.0 Å². The number of hydrogen-bond donors (Lipinski definition) is 1. The van der Waals surface area contributed by atoms with Crippen molar-refractivity contribution in [3.05, 3.63) is 42.5 Å². The molecule has 0 aliphatic heterocycles. The van der Waals surface area contributed by atoms with E-state index in [9.17, 15) is 0 Å². The van der Waals surface area contributed by atoms with Gasteiger partial charge in [-0.2, -0.15) is 0 Å². The lowest BCUT2D eigenvalue weighted by atomic mass is 10.2. The highest BCUT2D eigenvalue weighted by atomic mass is 15.2. The third-order valence-corrected chi connectivity index (χ3v) is 3.78. The van der Waals surface area contributed by atoms with Crippen LogP contribution >= 0.6 is 0 Å². The van der Waals surface area contributed by atoms with E-state index in [0.29, 0.717) is 6.04 Å². The highest BCUT2D eigenvalue weighted by molar-refractivity contribution is 5.27. The first-order chi connectivity index (χ1) is 9.43. The lowest BCUT2D eigenvalue weighted by molar-refractivity contribution is 0.523. The summed E-state index contributed by atoms with van der Waals surface area (Å²) in [5, 5.41) is 3.43. The Morgan fingerprint density at radius 1 is 1.16 bits per heavy atom. The van der Waals surface area contributed by atoms with E-state index in [0.717, 1.165) is 24.6 Å². The Hall–Kier alpha value is -1.84. The van der Waals surface area contributed by atoms with E-state index in [1.807, 2.05) is 24.5 Å². The molecule has 0 amide bonds. The van der Waals surface area contributed by atoms with E-state index >= 15 is 0 Å². The fraction of sp³-hybridized carbons (Fsp3) is 0.467. The van der Waals surface area contributed by atoms with Crippen LogP contribution < -0.4 is 5.32 Å². The van der Waals surface area contributed by atoms with E-state index in [2.05, 4.69) is 32.1 Å². The Bertz CT molecular complexity index is 500. The van der Waals surface area contributed by atoms with E-state index in [4.69, 9.17) is 0 Å². The summed E-state index contributed by atoms with van der Waals surface area (Å²) in [6, 6.07) is 6.68. The first-order valence-electron chi connectivity index (χ1n) is 7.10.